The van der Waals surface area contributed by atoms with E-state index in [9.17, 15) is 0 Å². The van der Waals surface area contributed by atoms with E-state index in [1.165, 1.54) is 12.8 Å². The number of hydrogen-bond acceptors (Lipinski definition) is 4. The van der Waals surface area contributed by atoms with E-state index in [2.05, 4.69) is 33.0 Å². The van der Waals surface area contributed by atoms with E-state index in [0.29, 0.717) is 10.9 Å². The Bertz CT molecular complexity index is 594. The van der Waals surface area contributed by atoms with Gasteiger partial charge in [-0.25, -0.2) is 4.68 Å². The minimum Gasteiger partial charge on any atom is -0.383 e. The predicted molar refractivity (Wildman–Crippen MR) is 79.1 cm³/mol. The molecule has 1 atom stereocenters. The monoisotopic (exact) mass is 289 g/mol. The number of aromatic nitrogens is 4. The quantitative estimate of drug-likeness (QED) is 0.879. The van der Waals surface area contributed by atoms with Crippen molar-refractivity contribution in [3.05, 3.63) is 41.7 Å². The average Bonchev–Trinajstić information content (AvgIpc) is 3.02. The van der Waals surface area contributed by atoms with E-state index in [0.717, 1.165) is 24.3 Å². The summed E-state index contributed by atoms with van der Waals surface area (Å²) in [7, 11) is 0. The lowest BCUT2D eigenvalue weighted by atomic mass is 9.94. The van der Waals surface area contributed by atoms with Crippen LogP contribution in [0.4, 0.5) is 5.69 Å². The molecule has 1 heterocycles. The average molecular weight is 290 g/mol. The van der Waals surface area contributed by atoms with Crippen LogP contribution in [0.5, 0.6) is 0 Å². The Morgan fingerprint density at radius 2 is 2.30 bits per heavy atom. The van der Waals surface area contributed by atoms with Crippen molar-refractivity contribution in [2.75, 3.05) is 11.9 Å². The number of halogens is 1. The van der Waals surface area contributed by atoms with Gasteiger partial charge in [0.2, 0.25) is 0 Å². The van der Waals surface area contributed by atoms with Gasteiger partial charge in [0.25, 0.3) is 0 Å². The third-order valence-corrected chi connectivity index (χ3v) is 3.85. The zero-order valence-electron chi connectivity index (χ0n) is 11.0. The van der Waals surface area contributed by atoms with Gasteiger partial charge in [-0.2, -0.15) is 0 Å². The van der Waals surface area contributed by atoms with Crippen molar-refractivity contribution in [2.45, 2.75) is 19.3 Å². The number of hydrogen-bond donors (Lipinski definition) is 1. The Hall–Kier alpha value is -1.88. The van der Waals surface area contributed by atoms with Gasteiger partial charge in [0.05, 0.1) is 16.4 Å². The fourth-order valence-corrected chi connectivity index (χ4v) is 2.55. The zero-order valence-corrected chi connectivity index (χ0v) is 11.8. The molecule has 1 aromatic carbocycles. The Morgan fingerprint density at radius 1 is 1.35 bits per heavy atom. The summed E-state index contributed by atoms with van der Waals surface area (Å²) in [5.74, 6) is 0.674. The first-order valence-corrected chi connectivity index (χ1v) is 7.12. The van der Waals surface area contributed by atoms with Gasteiger partial charge < -0.3 is 5.32 Å². The highest BCUT2D eigenvalue weighted by atomic mass is 35.5. The van der Waals surface area contributed by atoms with E-state index < -0.39 is 0 Å². The molecule has 104 valence electrons. The Kier molecular flexibility index (Phi) is 3.97. The number of nitrogens with zero attached hydrogens (tertiary/aromatic N) is 4. The van der Waals surface area contributed by atoms with Crippen LogP contribution >= 0.6 is 11.6 Å². The summed E-state index contributed by atoms with van der Waals surface area (Å²) in [5, 5.41) is 15.3. The molecular formula is C14H16ClN5. The fraction of sp³-hybridized carbons (Fsp3) is 0.357. The largest absolute Gasteiger partial charge is 0.383 e. The normalized spacial score (nSPS) is 18.1. The smallest absolute Gasteiger partial charge is 0.143 e. The maximum atomic E-state index is 6.24. The van der Waals surface area contributed by atoms with Gasteiger partial charge in [-0.1, -0.05) is 23.8 Å². The summed E-state index contributed by atoms with van der Waals surface area (Å²) in [4.78, 5) is 0. The molecule has 1 aliphatic rings. The van der Waals surface area contributed by atoms with Gasteiger partial charge >= 0.3 is 0 Å². The number of benzene rings is 1. The SMILES string of the molecule is Clc1ccc(-n2cnnn2)cc1NCC1CC=CCC1. The van der Waals surface area contributed by atoms with E-state index in [1.54, 1.807) is 11.0 Å². The molecule has 1 aliphatic carbocycles. The van der Waals surface area contributed by atoms with Gasteiger partial charge in [0.1, 0.15) is 6.33 Å². The molecule has 20 heavy (non-hydrogen) atoms. The molecule has 3 rings (SSSR count). The molecule has 0 radical (unpaired) electrons. The van der Waals surface area contributed by atoms with Gasteiger partial charge in [0, 0.05) is 6.54 Å². The second-order valence-electron chi connectivity index (χ2n) is 4.95. The molecule has 1 unspecified atom stereocenters. The lowest BCUT2D eigenvalue weighted by molar-refractivity contribution is 0.504. The summed E-state index contributed by atoms with van der Waals surface area (Å²) in [5.41, 5.74) is 1.82. The molecule has 0 spiro atoms. The molecule has 6 heteroatoms. The van der Waals surface area contributed by atoms with Gasteiger partial charge in [-0.3, -0.25) is 0 Å². The van der Waals surface area contributed by atoms with Crippen LogP contribution in [0.1, 0.15) is 19.3 Å². The highest BCUT2D eigenvalue weighted by molar-refractivity contribution is 6.33. The van der Waals surface area contributed by atoms with Crippen LogP contribution in [0.3, 0.4) is 0 Å². The van der Waals surface area contributed by atoms with Crippen molar-refractivity contribution in [1.82, 2.24) is 20.2 Å². The minimum atomic E-state index is 0.674. The summed E-state index contributed by atoms with van der Waals surface area (Å²) < 4.78 is 1.62. The van der Waals surface area contributed by atoms with Gasteiger partial charge in [0.15, 0.2) is 0 Å². The third kappa shape index (κ3) is 2.99. The van der Waals surface area contributed by atoms with Crippen molar-refractivity contribution >= 4 is 17.3 Å². The molecule has 0 bridgehead atoms. The lowest BCUT2D eigenvalue weighted by Crippen LogP contribution is -2.15. The first-order valence-electron chi connectivity index (χ1n) is 6.75. The van der Waals surface area contributed by atoms with Gasteiger partial charge in [-0.05, 0) is 53.8 Å². The molecule has 0 fully saturated rings. The second-order valence-corrected chi connectivity index (χ2v) is 5.36. The van der Waals surface area contributed by atoms with Crippen LogP contribution < -0.4 is 5.32 Å². The maximum Gasteiger partial charge on any atom is 0.143 e. The minimum absolute atomic E-state index is 0.674. The van der Waals surface area contributed by atoms with Crippen molar-refractivity contribution in [1.29, 1.82) is 0 Å². The van der Waals surface area contributed by atoms with Gasteiger partial charge in [-0.15, -0.1) is 5.10 Å². The first kappa shape index (κ1) is 13.1. The molecule has 5 nitrogen and oxygen atoms in total. The van der Waals surface area contributed by atoms with Crippen LogP contribution in [-0.2, 0) is 0 Å². The third-order valence-electron chi connectivity index (χ3n) is 3.52. The molecule has 0 saturated carbocycles. The van der Waals surface area contributed by atoms with Crippen molar-refractivity contribution in [3.8, 4) is 5.69 Å². The van der Waals surface area contributed by atoms with Crippen LogP contribution in [0, 0.1) is 5.92 Å². The Balaban J connectivity index is 1.72. The molecule has 2 aromatic rings. The number of tetrazole rings is 1. The predicted octanol–water partition coefficient (Wildman–Crippen LogP) is 3.08. The fourth-order valence-electron chi connectivity index (χ4n) is 2.37. The lowest BCUT2D eigenvalue weighted by Gasteiger charge is -2.19. The summed E-state index contributed by atoms with van der Waals surface area (Å²) in [6, 6.07) is 5.73. The van der Waals surface area contributed by atoms with Crippen LogP contribution in [0.15, 0.2) is 36.7 Å². The summed E-state index contributed by atoms with van der Waals surface area (Å²) >= 11 is 6.24. The Morgan fingerprint density at radius 3 is 3.05 bits per heavy atom. The zero-order chi connectivity index (χ0) is 13.8. The van der Waals surface area contributed by atoms with Crippen molar-refractivity contribution in [2.24, 2.45) is 5.92 Å². The summed E-state index contributed by atoms with van der Waals surface area (Å²) in [6.07, 6.45) is 9.62. The second kappa shape index (κ2) is 6.05. The molecule has 0 aliphatic heterocycles. The van der Waals surface area contributed by atoms with Crippen molar-refractivity contribution < 1.29 is 0 Å². The maximum absolute atomic E-state index is 6.24. The van der Waals surface area contributed by atoms with E-state index >= 15 is 0 Å². The number of rotatable bonds is 4. The molecular weight excluding hydrogens is 274 g/mol. The number of anilines is 1. The highest BCUT2D eigenvalue weighted by Crippen LogP contribution is 2.26. The first-order chi connectivity index (χ1) is 9.83. The van der Waals surface area contributed by atoms with E-state index in [4.69, 9.17) is 11.6 Å². The Labute approximate surface area is 122 Å². The molecule has 0 saturated heterocycles. The standard InChI is InChI=1S/C14H16ClN5/c15-13-7-6-12(20-10-17-18-19-20)8-14(13)16-9-11-4-2-1-3-5-11/h1-2,6-8,10-11,16H,3-5,9H2. The topological polar surface area (TPSA) is 55.6 Å². The number of nitrogens with one attached hydrogen (secondary N) is 1. The van der Waals surface area contributed by atoms with E-state index in [1.807, 2.05) is 18.2 Å². The molecule has 0 amide bonds. The summed E-state index contributed by atoms with van der Waals surface area (Å²) in [6.45, 7) is 0.934. The van der Waals surface area contributed by atoms with Crippen molar-refractivity contribution in [3.63, 3.8) is 0 Å². The highest BCUT2D eigenvalue weighted by Gasteiger charge is 2.11. The van der Waals surface area contributed by atoms with Crippen LogP contribution in [-0.4, -0.2) is 26.8 Å². The molecule has 1 N–H and O–H groups in total. The van der Waals surface area contributed by atoms with E-state index in [-0.39, 0.29) is 0 Å². The van der Waals surface area contributed by atoms with Crippen LogP contribution in [0.25, 0.3) is 5.69 Å². The van der Waals surface area contributed by atoms with Crippen LogP contribution in [0.2, 0.25) is 5.02 Å². The molecule has 1 aromatic heterocycles. The number of allylic oxidation sites excluding steroid dienone is 2.